The van der Waals surface area contributed by atoms with Crippen LogP contribution in [0.2, 0.25) is 0 Å². The van der Waals surface area contributed by atoms with Crippen LogP contribution < -0.4 is 4.90 Å². The van der Waals surface area contributed by atoms with E-state index in [1.54, 1.807) is 41.0 Å². The van der Waals surface area contributed by atoms with Crippen molar-refractivity contribution in [3.8, 4) is 11.3 Å². The maximum Gasteiger partial charge on any atom is 0.410 e. The summed E-state index contributed by atoms with van der Waals surface area (Å²) in [5.41, 5.74) is 1.75. The number of anilines is 1. The summed E-state index contributed by atoms with van der Waals surface area (Å²) < 4.78 is 36.7. The second-order valence-electron chi connectivity index (χ2n) is 9.85. The number of halogens is 2. The van der Waals surface area contributed by atoms with E-state index in [0.29, 0.717) is 53.7 Å². The van der Waals surface area contributed by atoms with Gasteiger partial charge in [0, 0.05) is 61.4 Å². The predicted octanol–water partition coefficient (Wildman–Crippen LogP) is 5.12. The standard InChI is InChI=1S/C26H27F2N5O2/c1-26(2,3)35-25(34)33-9-7-32(8-10-33)19-12-16-5-6-22(29-23(16)21(28)14-19)17-11-18-15-31(4)30-24(18)20(27)13-17/h5-6,11-15H,7-10H2,1-4H3. The van der Waals surface area contributed by atoms with E-state index in [1.807, 2.05) is 31.7 Å². The second kappa shape index (κ2) is 8.48. The Kier molecular flexibility index (Phi) is 5.57. The van der Waals surface area contributed by atoms with Crippen LogP contribution >= 0.6 is 0 Å². The first kappa shape index (κ1) is 23.0. The zero-order valence-corrected chi connectivity index (χ0v) is 20.2. The molecule has 1 aliphatic rings. The number of hydrogen-bond donors (Lipinski definition) is 0. The highest BCUT2D eigenvalue weighted by atomic mass is 19.1. The van der Waals surface area contributed by atoms with Crippen molar-refractivity contribution in [2.24, 2.45) is 7.05 Å². The highest BCUT2D eigenvalue weighted by Crippen LogP contribution is 2.30. The molecule has 0 aliphatic carbocycles. The average molecular weight is 480 g/mol. The number of carbonyl (C=O) groups is 1. The number of aryl methyl sites for hydroxylation is 1. The molecule has 0 bridgehead atoms. The number of amides is 1. The molecule has 1 aliphatic heterocycles. The molecule has 0 saturated carbocycles. The van der Waals surface area contributed by atoms with Crippen molar-refractivity contribution in [2.75, 3.05) is 31.1 Å². The third-order valence-corrected chi connectivity index (χ3v) is 6.00. The number of benzene rings is 2. The minimum atomic E-state index is -0.545. The lowest BCUT2D eigenvalue weighted by molar-refractivity contribution is 0.0240. The third-order valence-electron chi connectivity index (χ3n) is 6.00. The van der Waals surface area contributed by atoms with Gasteiger partial charge < -0.3 is 14.5 Å². The molecule has 35 heavy (non-hydrogen) atoms. The topological polar surface area (TPSA) is 63.5 Å². The minimum Gasteiger partial charge on any atom is -0.444 e. The molecule has 0 unspecified atom stereocenters. The Balaban J connectivity index is 1.38. The summed E-state index contributed by atoms with van der Waals surface area (Å²) in [6, 6.07) is 10.1. The monoisotopic (exact) mass is 479 g/mol. The molecular formula is C26H27F2N5O2. The molecule has 0 spiro atoms. The molecule has 182 valence electrons. The van der Waals surface area contributed by atoms with E-state index >= 15 is 4.39 Å². The highest BCUT2D eigenvalue weighted by Gasteiger charge is 2.26. The average Bonchev–Trinajstić information content (AvgIpc) is 3.18. The highest BCUT2D eigenvalue weighted by molar-refractivity contribution is 5.88. The number of fused-ring (bicyclic) bond motifs is 2. The van der Waals surface area contributed by atoms with Gasteiger partial charge in [-0.1, -0.05) is 6.07 Å². The van der Waals surface area contributed by atoms with Crippen LogP contribution in [0, 0.1) is 11.6 Å². The van der Waals surface area contributed by atoms with Crippen LogP contribution in [-0.2, 0) is 11.8 Å². The van der Waals surface area contributed by atoms with Crippen molar-refractivity contribution in [3.05, 3.63) is 54.2 Å². The van der Waals surface area contributed by atoms with Gasteiger partial charge in [0.2, 0.25) is 0 Å². The Morgan fingerprint density at radius 3 is 2.37 bits per heavy atom. The van der Waals surface area contributed by atoms with Gasteiger partial charge in [-0.2, -0.15) is 5.10 Å². The van der Waals surface area contributed by atoms with Gasteiger partial charge in [-0.3, -0.25) is 4.68 Å². The van der Waals surface area contributed by atoms with Crippen LogP contribution in [0.25, 0.3) is 33.1 Å². The van der Waals surface area contributed by atoms with Crippen molar-refractivity contribution >= 4 is 33.6 Å². The molecule has 7 nitrogen and oxygen atoms in total. The maximum absolute atomic E-state index is 15.2. The Hall–Kier alpha value is -3.75. The summed E-state index contributed by atoms with van der Waals surface area (Å²) in [6.07, 6.45) is 1.40. The van der Waals surface area contributed by atoms with E-state index in [-0.39, 0.29) is 11.6 Å². The molecule has 3 heterocycles. The first-order valence-corrected chi connectivity index (χ1v) is 11.5. The number of piperazine rings is 1. The molecule has 5 rings (SSSR count). The van der Waals surface area contributed by atoms with Crippen molar-refractivity contribution in [1.29, 1.82) is 0 Å². The van der Waals surface area contributed by atoms with Gasteiger partial charge in [0.25, 0.3) is 0 Å². The van der Waals surface area contributed by atoms with Gasteiger partial charge in [-0.15, -0.1) is 0 Å². The summed E-state index contributed by atoms with van der Waals surface area (Å²) in [6.45, 7) is 7.65. The van der Waals surface area contributed by atoms with E-state index in [1.165, 1.54) is 12.1 Å². The third kappa shape index (κ3) is 4.62. The molecule has 1 saturated heterocycles. The smallest absolute Gasteiger partial charge is 0.410 e. The summed E-state index contributed by atoms with van der Waals surface area (Å²) in [5, 5.41) is 5.44. The summed E-state index contributed by atoms with van der Waals surface area (Å²) in [4.78, 5) is 20.5. The summed E-state index contributed by atoms with van der Waals surface area (Å²) in [5.74, 6) is -0.891. The lowest BCUT2D eigenvalue weighted by Gasteiger charge is -2.36. The normalized spacial score (nSPS) is 14.7. The lowest BCUT2D eigenvalue weighted by atomic mass is 10.1. The maximum atomic E-state index is 15.2. The largest absolute Gasteiger partial charge is 0.444 e. The first-order valence-electron chi connectivity index (χ1n) is 11.5. The van der Waals surface area contributed by atoms with Gasteiger partial charge in [-0.05, 0) is 51.1 Å². The van der Waals surface area contributed by atoms with E-state index < -0.39 is 17.2 Å². The van der Waals surface area contributed by atoms with Crippen LogP contribution in [-0.4, -0.2) is 57.5 Å². The van der Waals surface area contributed by atoms with Crippen LogP contribution in [0.1, 0.15) is 20.8 Å². The number of pyridine rings is 1. The summed E-state index contributed by atoms with van der Waals surface area (Å²) in [7, 11) is 1.73. The minimum absolute atomic E-state index is 0.227. The van der Waals surface area contributed by atoms with Crippen molar-refractivity contribution < 1.29 is 18.3 Å². The number of rotatable bonds is 2. The van der Waals surface area contributed by atoms with E-state index in [4.69, 9.17) is 4.74 Å². The van der Waals surface area contributed by atoms with Crippen molar-refractivity contribution in [1.82, 2.24) is 19.7 Å². The fraction of sp³-hybridized carbons (Fsp3) is 0.346. The molecule has 2 aromatic heterocycles. The molecule has 0 atom stereocenters. The quantitative estimate of drug-likeness (QED) is 0.399. The molecule has 0 radical (unpaired) electrons. The molecule has 0 N–H and O–H groups in total. The Morgan fingerprint density at radius 2 is 1.66 bits per heavy atom. The fourth-order valence-corrected chi connectivity index (χ4v) is 4.35. The zero-order chi connectivity index (χ0) is 24.9. The molecule has 2 aromatic carbocycles. The molecule has 1 fully saturated rings. The number of carbonyl (C=O) groups excluding carboxylic acids is 1. The second-order valence-corrected chi connectivity index (χ2v) is 9.85. The molecule has 4 aromatic rings. The van der Waals surface area contributed by atoms with Crippen LogP contribution in [0.15, 0.2) is 42.6 Å². The van der Waals surface area contributed by atoms with Crippen molar-refractivity contribution in [3.63, 3.8) is 0 Å². The number of hydrogen-bond acceptors (Lipinski definition) is 5. The predicted molar refractivity (Wildman–Crippen MR) is 131 cm³/mol. The zero-order valence-electron chi connectivity index (χ0n) is 20.2. The Bertz CT molecular complexity index is 1440. The lowest BCUT2D eigenvalue weighted by Crippen LogP contribution is -2.50. The molecule has 9 heteroatoms. The number of aromatic nitrogens is 3. The van der Waals surface area contributed by atoms with E-state index in [2.05, 4.69) is 10.1 Å². The van der Waals surface area contributed by atoms with Crippen molar-refractivity contribution in [2.45, 2.75) is 26.4 Å². The Morgan fingerprint density at radius 1 is 0.943 bits per heavy atom. The molecule has 1 amide bonds. The SMILES string of the molecule is Cn1cc2cc(-c3ccc4cc(N5CCN(C(=O)OC(C)(C)C)CC5)cc(F)c4n3)cc(F)c2n1. The van der Waals surface area contributed by atoms with E-state index in [9.17, 15) is 9.18 Å². The fourth-order valence-electron chi connectivity index (χ4n) is 4.35. The van der Waals surface area contributed by atoms with Gasteiger partial charge in [0.15, 0.2) is 11.6 Å². The number of nitrogens with zero attached hydrogens (tertiary/aromatic N) is 5. The van der Waals surface area contributed by atoms with Crippen LogP contribution in [0.4, 0.5) is 19.3 Å². The first-order chi connectivity index (χ1) is 16.6. The van der Waals surface area contributed by atoms with E-state index in [0.717, 1.165) is 5.69 Å². The van der Waals surface area contributed by atoms with Gasteiger partial charge >= 0.3 is 6.09 Å². The Labute approximate surface area is 201 Å². The van der Waals surface area contributed by atoms with Gasteiger partial charge in [-0.25, -0.2) is 18.6 Å². The number of ether oxygens (including phenoxy) is 1. The van der Waals surface area contributed by atoms with Gasteiger partial charge in [0.1, 0.15) is 16.6 Å². The van der Waals surface area contributed by atoms with Crippen LogP contribution in [0.5, 0.6) is 0 Å². The summed E-state index contributed by atoms with van der Waals surface area (Å²) >= 11 is 0. The van der Waals surface area contributed by atoms with Crippen LogP contribution in [0.3, 0.4) is 0 Å². The van der Waals surface area contributed by atoms with Gasteiger partial charge in [0.05, 0.1) is 5.69 Å². The molecular weight excluding hydrogens is 452 g/mol.